The largest absolute Gasteiger partial charge is 0.494 e. The Morgan fingerprint density at radius 1 is 1.41 bits per heavy atom. The third-order valence-corrected chi connectivity index (χ3v) is 2.15. The first-order chi connectivity index (χ1) is 8.19. The van der Waals surface area contributed by atoms with Gasteiger partial charge in [-0.15, -0.1) is 0 Å². The van der Waals surface area contributed by atoms with E-state index in [9.17, 15) is 9.59 Å². The maximum atomic E-state index is 11.9. The first kappa shape index (κ1) is 13.3. The van der Waals surface area contributed by atoms with Gasteiger partial charge in [-0.3, -0.25) is 9.59 Å². The molecule has 0 bridgehead atoms. The maximum Gasteiger partial charge on any atom is 0.325 e. The van der Waals surface area contributed by atoms with Crippen LogP contribution in [-0.4, -0.2) is 49.7 Å². The molecule has 0 spiro atoms. The smallest absolute Gasteiger partial charge is 0.325 e. The van der Waals surface area contributed by atoms with Crippen LogP contribution in [0.15, 0.2) is 12.0 Å². The van der Waals surface area contributed by atoms with Crippen molar-refractivity contribution >= 4 is 11.9 Å². The summed E-state index contributed by atoms with van der Waals surface area (Å²) in [7, 11) is 0. The second-order valence-electron chi connectivity index (χ2n) is 3.33. The van der Waals surface area contributed by atoms with Crippen molar-refractivity contribution in [3.05, 3.63) is 12.0 Å². The van der Waals surface area contributed by atoms with E-state index in [1.165, 1.54) is 11.2 Å². The van der Waals surface area contributed by atoms with Gasteiger partial charge in [-0.2, -0.15) is 0 Å². The Kier molecular flexibility index (Phi) is 5.32. The second kappa shape index (κ2) is 6.78. The minimum atomic E-state index is -0.431. The van der Waals surface area contributed by atoms with Crippen LogP contribution in [0.4, 0.5) is 0 Å². The molecule has 1 aliphatic rings. The van der Waals surface area contributed by atoms with Gasteiger partial charge in [0.05, 0.1) is 6.61 Å². The molecule has 1 aliphatic heterocycles. The highest BCUT2D eigenvalue weighted by Crippen LogP contribution is 2.08. The molecule has 96 valence electrons. The van der Waals surface area contributed by atoms with E-state index in [-0.39, 0.29) is 18.2 Å². The number of carbonyl (C=O) groups is 2. The average Bonchev–Trinajstić information content (AvgIpc) is 2.36. The lowest BCUT2D eigenvalue weighted by molar-refractivity contribution is -0.149. The molecule has 0 N–H and O–H groups in total. The summed E-state index contributed by atoms with van der Waals surface area (Å²) in [4.78, 5) is 24.6. The molecule has 0 aromatic heterocycles. The predicted molar refractivity (Wildman–Crippen MR) is 58.9 cm³/mol. The van der Waals surface area contributed by atoms with Crippen molar-refractivity contribution in [3.63, 3.8) is 0 Å². The molecule has 0 radical (unpaired) electrons. The van der Waals surface area contributed by atoms with Crippen molar-refractivity contribution in [2.24, 2.45) is 0 Å². The Morgan fingerprint density at radius 3 is 2.71 bits per heavy atom. The highest BCUT2D eigenvalue weighted by Gasteiger charge is 2.23. The van der Waals surface area contributed by atoms with Gasteiger partial charge in [0.25, 0.3) is 5.91 Å². The van der Waals surface area contributed by atoms with Crippen LogP contribution in [0.1, 0.15) is 13.8 Å². The Balaban J connectivity index is 2.57. The fraction of sp³-hybridized carbons (Fsp3) is 0.636. The van der Waals surface area contributed by atoms with E-state index in [0.29, 0.717) is 26.4 Å². The molecule has 0 aromatic rings. The Labute approximate surface area is 100 Å². The summed E-state index contributed by atoms with van der Waals surface area (Å²) in [5.41, 5.74) is 0. The number of hydrogen-bond acceptors (Lipinski definition) is 5. The van der Waals surface area contributed by atoms with Gasteiger partial charge in [-0.05, 0) is 13.8 Å². The highest BCUT2D eigenvalue weighted by atomic mass is 16.6. The van der Waals surface area contributed by atoms with Gasteiger partial charge < -0.3 is 19.1 Å². The van der Waals surface area contributed by atoms with Crippen LogP contribution in [0.5, 0.6) is 0 Å². The molecular formula is C11H17NO5. The molecule has 0 aromatic carbocycles. The first-order valence-corrected chi connectivity index (χ1v) is 5.58. The molecule has 0 saturated carbocycles. The minimum Gasteiger partial charge on any atom is -0.494 e. The fourth-order valence-corrected chi connectivity index (χ4v) is 1.33. The molecule has 1 amide bonds. The van der Waals surface area contributed by atoms with Crippen LogP contribution >= 0.6 is 0 Å². The average molecular weight is 243 g/mol. The maximum absolute atomic E-state index is 11.9. The quantitative estimate of drug-likeness (QED) is 0.649. The number of ether oxygens (including phenoxy) is 3. The molecule has 1 heterocycles. The highest BCUT2D eigenvalue weighted by molar-refractivity contribution is 5.93. The Bertz CT molecular complexity index is 313. The normalized spacial score (nSPS) is 14.1. The first-order valence-electron chi connectivity index (χ1n) is 5.58. The number of nitrogens with zero attached hydrogens (tertiary/aromatic N) is 1. The summed E-state index contributed by atoms with van der Waals surface area (Å²) in [6.07, 6.45) is 1.28. The van der Waals surface area contributed by atoms with Crippen molar-refractivity contribution in [2.75, 3.05) is 32.9 Å². The van der Waals surface area contributed by atoms with Gasteiger partial charge in [0, 0.05) is 6.54 Å². The van der Waals surface area contributed by atoms with Gasteiger partial charge >= 0.3 is 5.97 Å². The van der Waals surface area contributed by atoms with Crippen LogP contribution in [0.2, 0.25) is 0 Å². The molecule has 1 rings (SSSR count). The van der Waals surface area contributed by atoms with Gasteiger partial charge in [-0.25, -0.2) is 0 Å². The number of esters is 1. The molecule has 0 fully saturated rings. The van der Waals surface area contributed by atoms with Crippen LogP contribution in [-0.2, 0) is 23.8 Å². The monoisotopic (exact) mass is 243 g/mol. The summed E-state index contributed by atoms with van der Waals surface area (Å²) < 4.78 is 14.9. The molecule has 0 atom stereocenters. The van der Waals surface area contributed by atoms with Gasteiger partial charge in [0.15, 0.2) is 0 Å². The van der Waals surface area contributed by atoms with E-state index in [0.717, 1.165) is 0 Å². The van der Waals surface area contributed by atoms with Crippen LogP contribution in [0.3, 0.4) is 0 Å². The van der Waals surface area contributed by atoms with E-state index in [1.54, 1.807) is 13.8 Å². The number of rotatable bonds is 5. The minimum absolute atomic E-state index is 0.0795. The van der Waals surface area contributed by atoms with E-state index < -0.39 is 5.97 Å². The number of amides is 1. The van der Waals surface area contributed by atoms with E-state index in [1.807, 2.05) is 0 Å². The van der Waals surface area contributed by atoms with Crippen LogP contribution in [0.25, 0.3) is 0 Å². The van der Waals surface area contributed by atoms with E-state index in [2.05, 4.69) is 0 Å². The number of hydrogen-bond donors (Lipinski definition) is 0. The number of carbonyl (C=O) groups excluding carboxylic acids is 2. The molecule has 0 unspecified atom stereocenters. The van der Waals surface area contributed by atoms with Gasteiger partial charge in [-0.1, -0.05) is 0 Å². The third kappa shape index (κ3) is 3.97. The Morgan fingerprint density at radius 2 is 2.18 bits per heavy atom. The molecular weight excluding hydrogens is 226 g/mol. The second-order valence-corrected chi connectivity index (χ2v) is 3.33. The van der Waals surface area contributed by atoms with Crippen molar-refractivity contribution in [2.45, 2.75) is 13.8 Å². The summed E-state index contributed by atoms with van der Waals surface area (Å²) in [6, 6.07) is 0. The summed E-state index contributed by atoms with van der Waals surface area (Å²) in [6.45, 7) is 4.89. The lowest BCUT2D eigenvalue weighted by Crippen LogP contribution is -2.38. The van der Waals surface area contributed by atoms with Crippen molar-refractivity contribution in [1.29, 1.82) is 0 Å². The van der Waals surface area contributed by atoms with Gasteiger partial charge in [0.1, 0.15) is 26.0 Å². The molecule has 6 nitrogen and oxygen atoms in total. The summed E-state index contributed by atoms with van der Waals surface area (Å²) >= 11 is 0. The number of likely N-dealkylation sites (N-methyl/N-ethyl adjacent to an activating group) is 1. The van der Waals surface area contributed by atoms with Gasteiger partial charge in [0.2, 0.25) is 5.76 Å². The van der Waals surface area contributed by atoms with Crippen molar-refractivity contribution < 1.29 is 23.8 Å². The summed E-state index contributed by atoms with van der Waals surface area (Å²) in [5, 5.41) is 0. The van der Waals surface area contributed by atoms with E-state index in [4.69, 9.17) is 14.2 Å². The van der Waals surface area contributed by atoms with Crippen molar-refractivity contribution in [1.82, 2.24) is 4.90 Å². The molecule has 0 saturated heterocycles. The van der Waals surface area contributed by atoms with Crippen molar-refractivity contribution in [3.8, 4) is 0 Å². The standard InChI is InChI=1S/C11H17NO5/c1-3-12(7-10(13)16-4-2)11(14)9-8-15-5-6-17-9/h8H,3-7H2,1-2H3. The third-order valence-electron chi connectivity index (χ3n) is 2.15. The topological polar surface area (TPSA) is 65.1 Å². The molecule has 6 heteroatoms. The fourth-order valence-electron chi connectivity index (χ4n) is 1.33. The van der Waals surface area contributed by atoms with E-state index >= 15 is 0 Å². The SMILES string of the molecule is CCOC(=O)CN(CC)C(=O)C1=COCCO1. The zero-order valence-corrected chi connectivity index (χ0v) is 10.1. The predicted octanol–water partition coefficient (Wildman–Crippen LogP) is 0.286. The lowest BCUT2D eigenvalue weighted by Gasteiger charge is -2.22. The van der Waals surface area contributed by atoms with Crippen LogP contribution < -0.4 is 0 Å². The Hall–Kier alpha value is -1.72. The summed E-state index contributed by atoms with van der Waals surface area (Å²) in [5.74, 6) is -0.664. The zero-order chi connectivity index (χ0) is 12.7. The lowest BCUT2D eigenvalue weighted by atomic mass is 10.4. The zero-order valence-electron chi connectivity index (χ0n) is 10.1. The molecule has 0 aliphatic carbocycles. The van der Waals surface area contributed by atoms with Crippen LogP contribution in [0, 0.1) is 0 Å². The molecule has 17 heavy (non-hydrogen) atoms.